The lowest BCUT2D eigenvalue weighted by atomic mass is 10.1. The van der Waals surface area contributed by atoms with Gasteiger partial charge in [-0.3, -0.25) is 0 Å². The van der Waals surface area contributed by atoms with E-state index in [0.717, 1.165) is 5.56 Å². The van der Waals surface area contributed by atoms with E-state index in [0.29, 0.717) is 36.9 Å². The standard InChI is InChI=1S/C13H14N4O4/c1-19-13(18)12-15-7-17(16-12)6-8-4-10-11(5-9(8)14)21-3-2-20-10/h4-5,7H,2-3,6,14H2,1H3. The minimum Gasteiger partial charge on any atom is -0.486 e. The van der Waals surface area contributed by atoms with Crippen LogP contribution in [-0.2, 0) is 11.3 Å². The number of esters is 1. The molecule has 1 aromatic heterocycles. The van der Waals surface area contributed by atoms with Gasteiger partial charge in [0.25, 0.3) is 5.82 Å². The molecule has 110 valence electrons. The van der Waals surface area contributed by atoms with Crippen molar-refractivity contribution in [3.63, 3.8) is 0 Å². The molecule has 0 saturated heterocycles. The molecular weight excluding hydrogens is 276 g/mol. The molecule has 8 heteroatoms. The molecule has 0 atom stereocenters. The lowest BCUT2D eigenvalue weighted by molar-refractivity contribution is 0.0586. The fraction of sp³-hybridized carbons (Fsp3) is 0.308. The van der Waals surface area contributed by atoms with E-state index in [1.807, 2.05) is 6.07 Å². The third-order valence-electron chi connectivity index (χ3n) is 3.04. The Labute approximate surface area is 120 Å². The Kier molecular flexibility index (Phi) is 3.35. The maximum atomic E-state index is 11.3. The van der Waals surface area contributed by atoms with Crippen molar-refractivity contribution in [1.29, 1.82) is 0 Å². The van der Waals surface area contributed by atoms with Gasteiger partial charge < -0.3 is 19.9 Å². The fourth-order valence-corrected chi connectivity index (χ4v) is 2.01. The van der Waals surface area contributed by atoms with Gasteiger partial charge in [-0.2, -0.15) is 0 Å². The molecule has 1 aliphatic rings. The van der Waals surface area contributed by atoms with Gasteiger partial charge in [0, 0.05) is 17.3 Å². The van der Waals surface area contributed by atoms with Gasteiger partial charge in [0.1, 0.15) is 19.5 Å². The Hall–Kier alpha value is -2.77. The Balaban J connectivity index is 1.84. The largest absolute Gasteiger partial charge is 0.486 e. The first kappa shape index (κ1) is 13.2. The van der Waals surface area contributed by atoms with Gasteiger partial charge >= 0.3 is 5.97 Å². The number of nitrogens with zero attached hydrogens (tertiary/aromatic N) is 3. The highest BCUT2D eigenvalue weighted by molar-refractivity contribution is 5.84. The monoisotopic (exact) mass is 290 g/mol. The summed E-state index contributed by atoms with van der Waals surface area (Å²) in [5.41, 5.74) is 7.37. The van der Waals surface area contributed by atoms with Crippen LogP contribution < -0.4 is 15.2 Å². The Morgan fingerprint density at radius 3 is 2.81 bits per heavy atom. The van der Waals surface area contributed by atoms with E-state index >= 15 is 0 Å². The molecule has 0 unspecified atom stereocenters. The summed E-state index contributed by atoms with van der Waals surface area (Å²) in [6.45, 7) is 1.38. The number of benzene rings is 1. The lowest BCUT2D eigenvalue weighted by Gasteiger charge is -2.20. The molecule has 2 N–H and O–H groups in total. The molecule has 1 aromatic carbocycles. The van der Waals surface area contributed by atoms with Gasteiger partial charge in [-0.1, -0.05) is 0 Å². The first-order valence-corrected chi connectivity index (χ1v) is 6.33. The number of carbonyl (C=O) groups excluding carboxylic acids is 1. The average Bonchev–Trinajstić information content (AvgIpc) is 2.96. The normalized spacial score (nSPS) is 13.0. The van der Waals surface area contributed by atoms with Crippen molar-refractivity contribution in [2.24, 2.45) is 0 Å². The number of ether oxygens (including phenoxy) is 3. The van der Waals surface area contributed by atoms with Crippen LogP contribution in [0.15, 0.2) is 18.5 Å². The highest BCUT2D eigenvalue weighted by Crippen LogP contribution is 2.34. The third-order valence-corrected chi connectivity index (χ3v) is 3.04. The van der Waals surface area contributed by atoms with Crippen LogP contribution in [0.4, 0.5) is 5.69 Å². The molecular formula is C13H14N4O4. The second-order valence-electron chi connectivity index (χ2n) is 4.45. The van der Waals surface area contributed by atoms with Crippen LogP contribution in [-0.4, -0.2) is 41.1 Å². The molecule has 0 fully saturated rings. The van der Waals surface area contributed by atoms with E-state index in [9.17, 15) is 4.79 Å². The molecule has 2 aromatic rings. The zero-order valence-electron chi connectivity index (χ0n) is 11.4. The van der Waals surface area contributed by atoms with Crippen molar-refractivity contribution in [1.82, 2.24) is 14.8 Å². The maximum absolute atomic E-state index is 11.3. The fourth-order valence-electron chi connectivity index (χ4n) is 2.01. The number of nitrogen functional groups attached to an aromatic ring is 1. The van der Waals surface area contributed by atoms with E-state index in [-0.39, 0.29) is 5.82 Å². The molecule has 0 amide bonds. The van der Waals surface area contributed by atoms with E-state index in [2.05, 4.69) is 14.8 Å². The van der Waals surface area contributed by atoms with Crippen LogP contribution >= 0.6 is 0 Å². The predicted octanol–water partition coefficient (Wildman–Crippen LogP) is 0.466. The van der Waals surface area contributed by atoms with Gasteiger partial charge in [0.2, 0.25) is 0 Å². The highest BCUT2D eigenvalue weighted by atomic mass is 16.6. The zero-order valence-corrected chi connectivity index (χ0v) is 11.4. The summed E-state index contributed by atoms with van der Waals surface area (Å²) in [4.78, 5) is 15.2. The van der Waals surface area contributed by atoms with Crippen LogP contribution in [0.5, 0.6) is 11.5 Å². The van der Waals surface area contributed by atoms with Crippen molar-refractivity contribution >= 4 is 11.7 Å². The molecule has 2 heterocycles. The molecule has 0 aliphatic carbocycles. The van der Waals surface area contributed by atoms with E-state index in [1.165, 1.54) is 18.1 Å². The highest BCUT2D eigenvalue weighted by Gasteiger charge is 2.16. The summed E-state index contributed by atoms with van der Waals surface area (Å²) in [6, 6.07) is 3.53. The molecule has 0 bridgehead atoms. The van der Waals surface area contributed by atoms with E-state index in [1.54, 1.807) is 6.07 Å². The summed E-state index contributed by atoms with van der Waals surface area (Å²) < 4.78 is 17.0. The maximum Gasteiger partial charge on any atom is 0.377 e. The first-order chi connectivity index (χ1) is 10.2. The predicted molar refractivity (Wildman–Crippen MR) is 72.3 cm³/mol. The van der Waals surface area contributed by atoms with Crippen LogP contribution in [0.25, 0.3) is 0 Å². The SMILES string of the molecule is COC(=O)c1ncn(Cc2cc3c(cc2N)OCCO3)n1. The number of nitrogens with two attached hydrogens (primary N) is 1. The minimum atomic E-state index is -0.580. The van der Waals surface area contributed by atoms with Gasteiger partial charge in [-0.15, -0.1) is 5.10 Å². The number of rotatable bonds is 3. The Morgan fingerprint density at radius 1 is 1.38 bits per heavy atom. The summed E-state index contributed by atoms with van der Waals surface area (Å²) in [7, 11) is 1.28. The van der Waals surface area contributed by atoms with Crippen LogP contribution in [0, 0.1) is 0 Å². The number of anilines is 1. The molecule has 21 heavy (non-hydrogen) atoms. The minimum absolute atomic E-state index is 0.00798. The third kappa shape index (κ3) is 2.60. The number of hydrogen-bond donors (Lipinski definition) is 1. The first-order valence-electron chi connectivity index (χ1n) is 6.33. The Morgan fingerprint density at radius 2 is 2.10 bits per heavy atom. The molecule has 1 aliphatic heterocycles. The summed E-state index contributed by atoms with van der Waals surface area (Å²) in [6.07, 6.45) is 1.45. The summed E-state index contributed by atoms with van der Waals surface area (Å²) in [5.74, 6) is 0.715. The van der Waals surface area contributed by atoms with Crippen molar-refractivity contribution in [3.8, 4) is 11.5 Å². The van der Waals surface area contributed by atoms with Crippen LogP contribution in [0.3, 0.4) is 0 Å². The second-order valence-corrected chi connectivity index (χ2v) is 4.45. The average molecular weight is 290 g/mol. The van der Waals surface area contributed by atoms with Gasteiger partial charge in [0.15, 0.2) is 11.5 Å². The number of fused-ring (bicyclic) bond motifs is 1. The van der Waals surface area contributed by atoms with E-state index in [4.69, 9.17) is 15.2 Å². The smallest absolute Gasteiger partial charge is 0.377 e. The lowest BCUT2D eigenvalue weighted by Crippen LogP contribution is -2.16. The summed E-state index contributed by atoms with van der Waals surface area (Å²) in [5, 5.41) is 4.03. The molecule has 3 rings (SSSR count). The van der Waals surface area contributed by atoms with Gasteiger partial charge in [0.05, 0.1) is 13.7 Å². The molecule has 0 spiro atoms. The molecule has 0 radical (unpaired) electrons. The van der Waals surface area contributed by atoms with Crippen molar-refractivity contribution in [2.75, 3.05) is 26.1 Å². The van der Waals surface area contributed by atoms with Crippen LogP contribution in [0.2, 0.25) is 0 Å². The topological polar surface area (TPSA) is 101 Å². The zero-order chi connectivity index (χ0) is 14.8. The van der Waals surface area contributed by atoms with Crippen molar-refractivity contribution in [3.05, 3.63) is 29.8 Å². The number of hydrogen-bond acceptors (Lipinski definition) is 7. The molecule has 0 saturated carbocycles. The summed E-state index contributed by atoms with van der Waals surface area (Å²) >= 11 is 0. The van der Waals surface area contributed by atoms with Gasteiger partial charge in [-0.25, -0.2) is 14.5 Å². The molecule has 8 nitrogen and oxygen atoms in total. The van der Waals surface area contributed by atoms with E-state index < -0.39 is 5.97 Å². The Bertz CT molecular complexity index is 683. The number of aromatic nitrogens is 3. The second kappa shape index (κ2) is 5.31. The quantitative estimate of drug-likeness (QED) is 0.647. The number of methoxy groups -OCH3 is 1. The van der Waals surface area contributed by atoms with Crippen LogP contribution in [0.1, 0.15) is 16.2 Å². The van der Waals surface area contributed by atoms with Gasteiger partial charge in [-0.05, 0) is 6.07 Å². The van der Waals surface area contributed by atoms with Crippen molar-refractivity contribution < 1.29 is 19.0 Å². The van der Waals surface area contributed by atoms with Crippen molar-refractivity contribution in [2.45, 2.75) is 6.54 Å². The number of carbonyl (C=O) groups is 1.